The molecule has 0 spiro atoms. The van der Waals surface area contributed by atoms with Crippen molar-refractivity contribution in [1.29, 1.82) is 0 Å². The highest BCUT2D eigenvalue weighted by Gasteiger charge is 2.48. The topological polar surface area (TPSA) is 26.3 Å². The predicted octanol–water partition coefficient (Wildman–Crippen LogP) is 2.77. The van der Waals surface area contributed by atoms with E-state index in [0.29, 0.717) is 12.8 Å². The summed E-state index contributed by atoms with van der Waals surface area (Å²) >= 11 is 0. The molecule has 0 radical (unpaired) electrons. The Bertz CT molecular complexity index is 198. The smallest absolute Gasteiger partial charge is 0.317 e. The minimum Gasteiger partial charge on any atom is -0.465 e. The number of esters is 1. The van der Waals surface area contributed by atoms with Crippen LogP contribution in [0.3, 0.4) is 0 Å². The molecule has 0 heterocycles. The zero-order valence-corrected chi connectivity index (χ0v) is 8.39. The number of hydrogen-bond donors (Lipinski definition) is 0. The highest BCUT2D eigenvalue weighted by Crippen LogP contribution is 2.42. The number of carbonyl (C=O) groups is 1. The Balaban J connectivity index is 2.74. The van der Waals surface area contributed by atoms with Crippen molar-refractivity contribution in [3.8, 4) is 0 Å². The van der Waals surface area contributed by atoms with Gasteiger partial charge in [-0.15, -0.1) is 0 Å². The quantitative estimate of drug-likeness (QED) is 0.664. The van der Waals surface area contributed by atoms with Crippen LogP contribution in [-0.2, 0) is 9.53 Å². The number of halogens is 2. The summed E-state index contributed by atoms with van der Waals surface area (Å²) in [5.41, 5.74) is -1.51. The maximum absolute atomic E-state index is 12.8. The van der Waals surface area contributed by atoms with Crippen molar-refractivity contribution >= 4 is 5.97 Å². The summed E-state index contributed by atoms with van der Waals surface area (Å²) in [5.74, 6) is -0.713. The maximum Gasteiger partial charge on any atom is 0.317 e. The molecule has 0 bridgehead atoms. The van der Waals surface area contributed by atoms with E-state index < -0.39 is 17.8 Å². The molecule has 0 saturated heterocycles. The van der Waals surface area contributed by atoms with E-state index in [1.807, 2.05) is 0 Å². The Kier molecular flexibility index (Phi) is 3.84. The number of ether oxygens (including phenoxy) is 1. The van der Waals surface area contributed by atoms with Crippen LogP contribution in [0.2, 0.25) is 0 Å². The molecule has 82 valence electrons. The molecule has 14 heavy (non-hydrogen) atoms. The van der Waals surface area contributed by atoms with Gasteiger partial charge in [0.15, 0.2) is 0 Å². The van der Waals surface area contributed by atoms with Crippen LogP contribution in [0.25, 0.3) is 0 Å². The molecule has 1 saturated carbocycles. The number of alkyl halides is 2. The van der Waals surface area contributed by atoms with Gasteiger partial charge in [-0.05, 0) is 19.8 Å². The lowest BCUT2D eigenvalue weighted by atomic mass is 9.74. The first-order valence-electron chi connectivity index (χ1n) is 5.09. The molecule has 0 aromatic rings. The summed E-state index contributed by atoms with van der Waals surface area (Å²) in [6, 6.07) is 0. The Labute approximate surface area is 82.6 Å². The second-order valence-electron chi connectivity index (χ2n) is 3.74. The van der Waals surface area contributed by atoms with Gasteiger partial charge in [0.05, 0.1) is 6.61 Å². The summed E-state index contributed by atoms with van der Waals surface area (Å²) in [4.78, 5) is 11.5. The normalized spacial score (nSPS) is 20.9. The van der Waals surface area contributed by atoms with Crippen LogP contribution in [0.1, 0.15) is 39.0 Å². The molecular weight excluding hydrogens is 190 g/mol. The fraction of sp³-hybridized carbons (Fsp3) is 0.900. The monoisotopic (exact) mass is 206 g/mol. The maximum atomic E-state index is 12.8. The summed E-state index contributed by atoms with van der Waals surface area (Å²) < 4.78 is 30.4. The van der Waals surface area contributed by atoms with E-state index in [0.717, 1.165) is 6.42 Å². The molecule has 1 fully saturated rings. The van der Waals surface area contributed by atoms with Crippen LogP contribution in [0, 0.1) is 5.41 Å². The van der Waals surface area contributed by atoms with Gasteiger partial charge in [0, 0.05) is 0 Å². The second-order valence-corrected chi connectivity index (χ2v) is 3.74. The minimum absolute atomic E-state index is 0.174. The van der Waals surface area contributed by atoms with E-state index in [9.17, 15) is 13.6 Å². The third-order valence-corrected chi connectivity index (χ3v) is 2.85. The van der Waals surface area contributed by atoms with Crippen LogP contribution in [0.15, 0.2) is 0 Å². The van der Waals surface area contributed by atoms with Gasteiger partial charge in [-0.3, -0.25) is 4.79 Å². The number of hydrogen-bond acceptors (Lipinski definition) is 2. The lowest BCUT2D eigenvalue weighted by molar-refractivity contribution is -0.169. The third-order valence-electron chi connectivity index (χ3n) is 2.85. The van der Waals surface area contributed by atoms with Gasteiger partial charge in [0.25, 0.3) is 6.43 Å². The molecule has 0 amide bonds. The number of carbonyl (C=O) groups excluding carboxylic acids is 1. The second kappa shape index (κ2) is 4.71. The molecule has 0 aromatic heterocycles. The Hall–Kier alpha value is -0.670. The van der Waals surface area contributed by atoms with Gasteiger partial charge >= 0.3 is 5.97 Å². The van der Waals surface area contributed by atoms with Crippen LogP contribution < -0.4 is 0 Å². The molecule has 0 atom stereocenters. The summed E-state index contributed by atoms with van der Waals surface area (Å²) in [6.07, 6.45) is 0.273. The van der Waals surface area contributed by atoms with Gasteiger partial charge in [0.2, 0.25) is 0 Å². The molecule has 4 heteroatoms. The van der Waals surface area contributed by atoms with E-state index in [1.165, 1.54) is 0 Å². The third kappa shape index (κ3) is 2.04. The van der Waals surface area contributed by atoms with E-state index in [-0.39, 0.29) is 19.4 Å². The van der Waals surface area contributed by atoms with E-state index >= 15 is 0 Å². The highest BCUT2D eigenvalue weighted by molar-refractivity contribution is 5.77. The lowest BCUT2D eigenvalue weighted by Crippen LogP contribution is -2.41. The predicted molar refractivity (Wildman–Crippen MR) is 48.2 cm³/mol. The summed E-state index contributed by atoms with van der Waals surface area (Å²) in [7, 11) is 0. The standard InChI is InChI=1S/C10H16F2O2/c1-2-14-9(13)10(8(11)12)6-4-3-5-7-10/h8H,2-7H2,1H3. The molecule has 1 aliphatic carbocycles. The lowest BCUT2D eigenvalue weighted by Gasteiger charge is -2.33. The molecular formula is C10H16F2O2. The van der Waals surface area contributed by atoms with E-state index in [4.69, 9.17) is 4.74 Å². The van der Waals surface area contributed by atoms with Crippen LogP contribution in [-0.4, -0.2) is 19.0 Å². The van der Waals surface area contributed by atoms with Gasteiger partial charge in [-0.2, -0.15) is 0 Å². The molecule has 0 aromatic carbocycles. The van der Waals surface area contributed by atoms with Gasteiger partial charge in [0.1, 0.15) is 5.41 Å². The zero-order chi connectivity index (χ0) is 10.6. The average Bonchev–Trinajstić information content (AvgIpc) is 2.19. The Morgan fingerprint density at radius 2 is 1.93 bits per heavy atom. The van der Waals surface area contributed by atoms with Crippen molar-refractivity contribution in [2.45, 2.75) is 45.5 Å². The first-order valence-corrected chi connectivity index (χ1v) is 5.09. The fourth-order valence-electron chi connectivity index (χ4n) is 1.97. The van der Waals surface area contributed by atoms with E-state index in [2.05, 4.69) is 0 Å². The molecule has 2 nitrogen and oxygen atoms in total. The summed E-state index contributed by atoms with van der Waals surface area (Å²) in [6.45, 7) is 1.81. The fourth-order valence-corrected chi connectivity index (χ4v) is 1.97. The van der Waals surface area contributed by atoms with Crippen molar-refractivity contribution in [2.75, 3.05) is 6.61 Å². The van der Waals surface area contributed by atoms with Crippen molar-refractivity contribution in [1.82, 2.24) is 0 Å². The van der Waals surface area contributed by atoms with Crippen LogP contribution >= 0.6 is 0 Å². The first kappa shape index (κ1) is 11.4. The first-order chi connectivity index (χ1) is 6.63. The number of rotatable bonds is 3. The Morgan fingerprint density at radius 3 is 2.36 bits per heavy atom. The van der Waals surface area contributed by atoms with Crippen LogP contribution in [0.5, 0.6) is 0 Å². The zero-order valence-electron chi connectivity index (χ0n) is 8.39. The molecule has 0 aliphatic heterocycles. The van der Waals surface area contributed by atoms with Crippen molar-refractivity contribution in [3.05, 3.63) is 0 Å². The van der Waals surface area contributed by atoms with Crippen molar-refractivity contribution < 1.29 is 18.3 Å². The molecule has 1 aliphatic rings. The minimum atomic E-state index is -2.60. The Morgan fingerprint density at radius 1 is 1.36 bits per heavy atom. The van der Waals surface area contributed by atoms with Gasteiger partial charge in [-0.1, -0.05) is 19.3 Å². The average molecular weight is 206 g/mol. The largest absolute Gasteiger partial charge is 0.465 e. The highest BCUT2D eigenvalue weighted by atomic mass is 19.3. The molecule has 0 N–H and O–H groups in total. The van der Waals surface area contributed by atoms with Crippen LogP contribution in [0.4, 0.5) is 8.78 Å². The SMILES string of the molecule is CCOC(=O)C1(C(F)F)CCCCC1. The van der Waals surface area contributed by atoms with Crippen molar-refractivity contribution in [3.63, 3.8) is 0 Å². The molecule has 0 unspecified atom stereocenters. The van der Waals surface area contributed by atoms with Gasteiger partial charge in [-0.25, -0.2) is 8.78 Å². The van der Waals surface area contributed by atoms with Crippen molar-refractivity contribution in [2.24, 2.45) is 5.41 Å². The van der Waals surface area contributed by atoms with Gasteiger partial charge < -0.3 is 4.74 Å². The molecule has 1 rings (SSSR count). The summed E-state index contributed by atoms with van der Waals surface area (Å²) in [5, 5.41) is 0. The van der Waals surface area contributed by atoms with E-state index in [1.54, 1.807) is 6.92 Å².